The molecular formula is C30H37ClN4O2. The van der Waals surface area contributed by atoms with Crippen LogP contribution in [0.1, 0.15) is 64.4 Å². The number of benzene rings is 2. The van der Waals surface area contributed by atoms with Crippen molar-refractivity contribution < 1.29 is 4.79 Å². The van der Waals surface area contributed by atoms with Crippen LogP contribution in [0.5, 0.6) is 0 Å². The molecule has 0 bridgehead atoms. The molecule has 1 amide bonds. The zero-order chi connectivity index (χ0) is 26.2. The van der Waals surface area contributed by atoms with Gasteiger partial charge in [-0.05, 0) is 101 Å². The minimum absolute atomic E-state index is 0.105. The number of hydrogen-bond acceptors (Lipinski definition) is 4. The van der Waals surface area contributed by atoms with Crippen molar-refractivity contribution in [2.24, 2.45) is 5.92 Å². The summed E-state index contributed by atoms with van der Waals surface area (Å²) in [5, 5.41) is 4.08. The summed E-state index contributed by atoms with van der Waals surface area (Å²) in [7, 11) is 0. The molecule has 1 aliphatic heterocycles. The van der Waals surface area contributed by atoms with Gasteiger partial charge in [0.2, 0.25) is 5.91 Å². The average Bonchev–Trinajstić information content (AvgIpc) is 2.82. The van der Waals surface area contributed by atoms with E-state index in [-0.39, 0.29) is 18.0 Å². The third-order valence-corrected chi connectivity index (χ3v) is 7.78. The standard InChI is InChI=1S/C30H37ClN4O2/c1-30(2,3)33-27(36)19-35-28(22-8-7-9-24(31)16-22)32-26-11-10-21(17-25(26)29(35)37)23-14-20(15-23)18-34-12-5-4-6-13-34/h7-11,16-17,20,23H,4-6,12-15,18-19H2,1-3H3,(H,33,36)/t20-,23-. The summed E-state index contributed by atoms with van der Waals surface area (Å²) in [4.78, 5) is 34.2. The summed E-state index contributed by atoms with van der Waals surface area (Å²) in [6.07, 6.45) is 6.34. The zero-order valence-electron chi connectivity index (χ0n) is 22.1. The van der Waals surface area contributed by atoms with Crippen molar-refractivity contribution in [3.8, 4) is 11.4 Å². The van der Waals surface area contributed by atoms with Crippen LogP contribution >= 0.6 is 11.6 Å². The smallest absolute Gasteiger partial charge is 0.262 e. The van der Waals surface area contributed by atoms with Gasteiger partial charge in [0.05, 0.1) is 10.9 Å². The number of halogens is 1. The maximum Gasteiger partial charge on any atom is 0.262 e. The molecule has 0 spiro atoms. The predicted octanol–water partition coefficient (Wildman–Crippen LogP) is 5.61. The van der Waals surface area contributed by atoms with E-state index in [0.29, 0.717) is 33.2 Å². The highest BCUT2D eigenvalue weighted by Gasteiger charge is 2.32. The number of piperidine rings is 1. The molecule has 196 valence electrons. The molecule has 1 N–H and O–H groups in total. The molecule has 7 heteroatoms. The van der Waals surface area contributed by atoms with E-state index in [1.54, 1.807) is 12.1 Å². The number of carbonyl (C=O) groups excluding carboxylic acids is 1. The minimum Gasteiger partial charge on any atom is -0.350 e. The second-order valence-corrected chi connectivity index (χ2v) is 12.2. The molecule has 1 aromatic heterocycles. The Morgan fingerprint density at radius 3 is 2.54 bits per heavy atom. The minimum atomic E-state index is -0.399. The number of amides is 1. The maximum atomic E-state index is 13.8. The summed E-state index contributed by atoms with van der Waals surface area (Å²) < 4.78 is 1.48. The first-order chi connectivity index (χ1) is 17.7. The molecule has 5 rings (SSSR count). The van der Waals surface area contributed by atoms with Gasteiger partial charge < -0.3 is 10.2 Å². The molecule has 1 saturated carbocycles. The lowest BCUT2D eigenvalue weighted by atomic mass is 9.71. The zero-order valence-corrected chi connectivity index (χ0v) is 22.9. The van der Waals surface area contributed by atoms with E-state index in [9.17, 15) is 9.59 Å². The highest BCUT2D eigenvalue weighted by molar-refractivity contribution is 6.30. The van der Waals surface area contributed by atoms with E-state index in [4.69, 9.17) is 16.6 Å². The Labute approximate surface area is 224 Å². The molecule has 37 heavy (non-hydrogen) atoms. The van der Waals surface area contributed by atoms with E-state index in [1.165, 1.54) is 49.0 Å². The number of carbonyl (C=O) groups is 1. The Morgan fingerprint density at radius 1 is 1.08 bits per heavy atom. The number of fused-ring (bicyclic) bond motifs is 1. The van der Waals surface area contributed by atoms with Crippen molar-refractivity contribution in [1.82, 2.24) is 19.8 Å². The lowest BCUT2D eigenvalue weighted by molar-refractivity contribution is -0.123. The summed E-state index contributed by atoms with van der Waals surface area (Å²) in [6.45, 7) is 9.34. The number of aromatic nitrogens is 2. The van der Waals surface area contributed by atoms with Gasteiger partial charge in [0, 0.05) is 22.7 Å². The van der Waals surface area contributed by atoms with Gasteiger partial charge in [-0.3, -0.25) is 14.2 Å². The predicted molar refractivity (Wildman–Crippen MR) is 150 cm³/mol. The van der Waals surface area contributed by atoms with E-state index >= 15 is 0 Å². The van der Waals surface area contributed by atoms with E-state index < -0.39 is 5.54 Å². The van der Waals surface area contributed by atoms with Gasteiger partial charge in [0.25, 0.3) is 5.56 Å². The van der Waals surface area contributed by atoms with Crippen molar-refractivity contribution in [3.05, 3.63) is 63.4 Å². The van der Waals surface area contributed by atoms with Crippen molar-refractivity contribution in [2.75, 3.05) is 19.6 Å². The Hall–Kier alpha value is -2.70. The van der Waals surface area contributed by atoms with Crippen LogP contribution in [0.15, 0.2) is 47.3 Å². The molecule has 6 nitrogen and oxygen atoms in total. The lowest BCUT2D eigenvalue weighted by Crippen LogP contribution is -2.43. The Kier molecular flexibility index (Phi) is 7.42. The van der Waals surface area contributed by atoms with Crippen molar-refractivity contribution in [1.29, 1.82) is 0 Å². The molecule has 2 heterocycles. The van der Waals surface area contributed by atoms with Crippen molar-refractivity contribution in [2.45, 2.75) is 70.9 Å². The molecule has 0 atom stereocenters. The van der Waals surface area contributed by atoms with Crippen LogP contribution in [0.2, 0.25) is 5.02 Å². The Balaban J connectivity index is 1.44. The second-order valence-electron chi connectivity index (χ2n) is 11.8. The first-order valence-corrected chi connectivity index (χ1v) is 13.9. The third kappa shape index (κ3) is 6.07. The summed E-state index contributed by atoms with van der Waals surface area (Å²) in [5.74, 6) is 1.43. The summed E-state index contributed by atoms with van der Waals surface area (Å²) in [6, 6.07) is 13.3. The molecule has 1 aliphatic carbocycles. The molecule has 2 aromatic carbocycles. The maximum absolute atomic E-state index is 13.8. The number of nitrogens with zero attached hydrogens (tertiary/aromatic N) is 3. The van der Waals surface area contributed by atoms with Crippen LogP contribution in [0.3, 0.4) is 0 Å². The van der Waals surface area contributed by atoms with Crippen LogP contribution in [-0.2, 0) is 11.3 Å². The van der Waals surface area contributed by atoms with Crippen LogP contribution in [0, 0.1) is 5.92 Å². The van der Waals surface area contributed by atoms with Crippen molar-refractivity contribution in [3.63, 3.8) is 0 Å². The molecule has 3 aromatic rings. The Bertz CT molecular complexity index is 1350. The number of likely N-dealkylation sites (tertiary alicyclic amines) is 1. The van der Waals surface area contributed by atoms with Gasteiger partial charge in [0.1, 0.15) is 12.4 Å². The van der Waals surface area contributed by atoms with Gasteiger partial charge >= 0.3 is 0 Å². The van der Waals surface area contributed by atoms with E-state index in [2.05, 4.69) is 16.3 Å². The van der Waals surface area contributed by atoms with Gasteiger partial charge in [-0.25, -0.2) is 4.98 Å². The average molecular weight is 521 g/mol. The van der Waals surface area contributed by atoms with Gasteiger partial charge in [-0.1, -0.05) is 36.2 Å². The SMILES string of the molecule is CC(C)(C)NC(=O)Cn1c(-c2cccc(Cl)c2)nc2ccc([C@H]3C[C@H](CN4CCCCC4)C3)cc2c1=O. The summed E-state index contributed by atoms with van der Waals surface area (Å²) >= 11 is 6.25. The van der Waals surface area contributed by atoms with Crippen LogP contribution in [-0.4, -0.2) is 45.5 Å². The molecule has 2 aliphatic rings. The van der Waals surface area contributed by atoms with Gasteiger partial charge in [0.15, 0.2) is 0 Å². The Morgan fingerprint density at radius 2 is 1.84 bits per heavy atom. The monoisotopic (exact) mass is 520 g/mol. The van der Waals surface area contributed by atoms with E-state index in [1.807, 2.05) is 45.0 Å². The highest BCUT2D eigenvalue weighted by atomic mass is 35.5. The highest BCUT2D eigenvalue weighted by Crippen LogP contribution is 2.42. The van der Waals surface area contributed by atoms with Gasteiger partial charge in [-0.15, -0.1) is 0 Å². The lowest BCUT2D eigenvalue weighted by Gasteiger charge is -2.40. The largest absolute Gasteiger partial charge is 0.350 e. The number of hydrogen-bond donors (Lipinski definition) is 1. The molecular weight excluding hydrogens is 484 g/mol. The van der Waals surface area contributed by atoms with Crippen molar-refractivity contribution >= 4 is 28.4 Å². The van der Waals surface area contributed by atoms with E-state index in [0.717, 1.165) is 18.8 Å². The fourth-order valence-electron chi connectivity index (χ4n) is 5.75. The quantitative estimate of drug-likeness (QED) is 0.458. The van der Waals surface area contributed by atoms with Crippen LogP contribution in [0.25, 0.3) is 22.3 Å². The topological polar surface area (TPSA) is 67.2 Å². The molecule has 2 fully saturated rings. The van der Waals surface area contributed by atoms with Gasteiger partial charge in [-0.2, -0.15) is 0 Å². The first-order valence-electron chi connectivity index (χ1n) is 13.5. The number of nitrogens with one attached hydrogen (secondary N) is 1. The second kappa shape index (κ2) is 10.6. The fourth-order valence-corrected chi connectivity index (χ4v) is 5.94. The number of rotatable bonds is 6. The first kappa shape index (κ1) is 25.9. The van der Waals surface area contributed by atoms with Crippen LogP contribution in [0.4, 0.5) is 0 Å². The van der Waals surface area contributed by atoms with Crippen LogP contribution < -0.4 is 10.9 Å². The molecule has 0 radical (unpaired) electrons. The summed E-state index contributed by atoms with van der Waals surface area (Å²) in [5.41, 5.74) is 1.94. The normalized spacial score (nSPS) is 20.5. The fraction of sp³-hybridized carbons (Fsp3) is 0.500. The molecule has 0 unspecified atom stereocenters. The third-order valence-electron chi connectivity index (χ3n) is 7.55. The molecule has 1 saturated heterocycles.